The second kappa shape index (κ2) is 7.15. The molecule has 5 nitrogen and oxygen atoms in total. The molecule has 0 spiro atoms. The van der Waals surface area contributed by atoms with Crippen molar-refractivity contribution in [2.45, 2.75) is 30.3 Å². The zero-order valence-corrected chi connectivity index (χ0v) is 13.5. The van der Waals surface area contributed by atoms with Gasteiger partial charge < -0.3 is 5.32 Å². The van der Waals surface area contributed by atoms with Gasteiger partial charge in [-0.05, 0) is 42.9 Å². The highest BCUT2D eigenvalue weighted by Gasteiger charge is 2.25. The minimum absolute atomic E-state index is 0.0605. The summed E-state index contributed by atoms with van der Waals surface area (Å²) >= 11 is 7.85. The molecule has 2 rings (SSSR count). The van der Waals surface area contributed by atoms with Gasteiger partial charge in [-0.1, -0.05) is 11.6 Å². The maximum atomic E-state index is 11.9. The molecule has 21 heavy (non-hydrogen) atoms. The standard InChI is InChI=1S/C14H18ClN3O2S/c1-8(13(19)18-14(20)16-2)17-11-5-6-21-12-4-3-9(15)7-10(11)12/h3-4,7-8,11,17H,5-6H2,1-2H3,(H2,16,18,19,20)/t8-,11+/m0/s1. The first-order chi connectivity index (χ1) is 10.0. The van der Waals surface area contributed by atoms with Crippen LogP contribution in [0.3, 0.4) is 0 Å². The van der Waals surface area contributed by atoms with E-state index in [0.29, 0.717) is 5.02 Å². The van der Waals surface area contributed by atoms with Crippen LogP contribution in [-0.4, -0.2) is 30.8 Å². The molecule has 3 N–H and O–H groups in total. The summed E-state index contributed by atoms with van der Waals surface area (Å²) in [5.41, 5.74) is 1.11. The van der Waals surface area contributed by atoms with Gasteiger partial charge in [0.1, 0.15) is 0 Å². The van der Waals surface area contributed by atoms with Crippen molar-refractivity contribution in [2.75, 3.05) is 12.8 Å². The van der Waals surface area contributed by atoms with Gasteiger partial charge in [0.15, 0.2) is 0 Å². The van der Waals surface area contributed by atoms with Crippen LogP contribution >= 0.6 is 23.4 Å². The van der Waals surface area contributed by atoms with Crippen LogP contribution in [0.25, 0.3) is 0 Å². The Morgan fingerprint density at radius 3 is 2.90 bits per heavy atom. The van der Waals surface area contributed by atoms with E-state index in [-0.39, 0.29) is 11.9 Å². The smallest absolute Gasteiger partial charge is 0.321 e. The average Bonchev–Trinajstić information content (AvgIpc) is 2.47. The van der Waals surface area contributed by atoms with Crippen molar-refractivity contribution in [3.05, 3.63) is 28.8 Å². The van der Waals surface area contributed by atoms with Gasteiger partial charge in [0, 0.05) is 23.0 Å². The Balaban J connectivity index is 2.05. The maximum absolute atomic E-state index is 11.9. The lowest BCUT2D eigenvalue weighted by Gasteiger charge is -2.28. The molecule has 0 bridgehead atoms. The molecule has 1 aliphatic heterocycles. The highest BCUT2D eigenvalue weighted by atomic mass is 35.5. The lowest BCUT2D eigenvalue weighted by molar-refractivity contribution is -0.121. The van der Waals surface area contributed by atoms with Crippen LogP contribution in [0.1, 0.15) is 24.9 Å². The number of amides is 3. The minimum Gasteiger partial charge on any atom is -0.341 e. The summed E-state index contributed by atoms with van der Waals surface area (Å²) in [5, 5.41) is 8.58. The number of carbonyl (C=O) groups excluding carboxylic acids is 2. The van der Waals surface area contributed by atoms with Crippen molar-refractivity contribution < 1.29 is 9.59 Å². The molecule has 0 unspecified atom stereocenters. The van der Waals surface area contributed by atoms with E-state index in [4.69, 9.17) is 11.6 Å². The molecule has 0 aromatic heterocycles. The van der Waals surface area contributed by atoms with Crippen molar-refractivity contribution in [1.82, 2.24) is 16.0 Å². The van der Waals surface area contributed by atoms with Gasteiger partial charge in [-0.3, -0.25) is 15.4 Å². The molecule has 2 atom stereocenters. The van der Waals surface area contributed by atoms with E-state index >= 15 is 0 Å². The van der Waals surface area contributed by atoms with Crippen LogP contribution in [0.4, 0.5) is 4.79 Å². The molecule has 0 saturated heterocycles. The number of rotatable bonds is 3. The summed E-state index contributed by atoms with van der Waals surface area (Å²) in [6, 6.07) is 4.90. The van der Waals surface area contributed by atoms with E-state index in [0.717, 1.165) is 17.7 Å². The van der Waals surface area contributed by atoms with Crippen LogP contribution in [0.5, 0.6) is 0 Å². The number of hydrogen-bond donors (Lipinski definition) is 3. The largest absolute Gasteiger partial charge is 0.341 e. The predicted octanol–water partition coefficient (Wildman–Crippen LogP) is 2.31. The molecule has 1 heterocycles. The Hall–Kier alpha value is -1.24. The molecular formula is C14H18ClN3O2S. The molecule has 0 fully saturated rings. The lowest BCUT2D eigenvalue weighted by atomic mass is 10.0. The number of urea groups is 1. The third-order valence-electron chi connectivity index (χ3n) is 3.32. The van der Waals surface area contributed by atoms with Crippen molar-refractivity contribution in [3.8, 4) is 0 Å². The third-order valence-corrected chi connectivity index (χ3v) is 4.68. The van der Waals surface area contributed by atoms with Crippen molar-refractivity contribution in [3.63, 3.8) is 0 Å². The topological polar surface area (TPSA) is 70.2 Å². The van der Waals surface area contributed by atoms with Crippen LogP contribution < -0.4 is 16.0 Å². The number of halogens is 1. The van der Waals surface area contributed by atoms with Crippen LogP contribution in [-0.2, 0) is 4.79 Å². The quantitative estimate of drug-likeness (QED) is 0.797. The maximum Gasteiger partial charge on any atom is 0.321 e. The zero-order valence-electron chi connectivity index (χ0n) is 11.9. The highest BCUT2D eigenvalue weighted by molar-refractivity contribution is 7.99. The number of carbonyl (C=O) groups is 2. The van der Waals surface area contributed by atoms with E-state index in [1.54, 1.807) is 18.7 Å². The Morgan fingerprint density at radius 1 is 1.43 bits per heavy atom. The Labute approximate surface area is 133 Å². The first-order valence-electron chi connectivity index (χ1n) is 6.72. The zero-order chi connectivity index (χ0) is 15.4. The van der Waals surface area contributed by atoms with E-state index in [1.165, 1.54) is 11.9 Å². The van der Waals surface area contributed by atoms with Gasteiger partial charge in [-0.15, -0.1) is 11.8 Å². The fraction of sp³-hybridized carbons (Fsp3) is 0.429. The number of thioether (sulfide) groups is 1. The van der Waals surface area contributed by atoms with Crippen molar-refractivity contribution in [2.24, 2.45) is 0 Å². The molecule has 3 amide bonds. The van der Waals surface area contributed by atoms with E-state index < -0.39 is 12.1 Å². The third kappa shape index (κ3) is 4.12. The number of imide groups is 1. The summed E-state index contributed by atoms with van der Waals surface area (Å²) in [6.07, 6.45) is 0.912. The molecule has 1 aromatic carbocycles. The van der Waals surface area contributed by atoms with E-state index in [1.807, 2.05) is 18.2 Å². The average molecular weight is 328 g/mol. The Bertz CT molecular complexity index is 553. The molecular weight excluding hydrogens is 310 g/mol. The molecule has 1 aliphatic rings. The molecule has 114 valence electrons. The first kappa shape index (κ1) is 16.1. The lowest BCUT2D eigenvalue weighted by Crippen LogP contribution is -2.48. The summed E-state index contributed by atoms with van der Waals surface area (Å²) in [4.78, 5) is 24.3. The van der Waals surface area contributed by atoms with Gasteiger partial charge in [0.05, 0.1) is 6.04 Å². The van der Waals surface area contributed by atoms with Gasteiger partial charge in [0.25, 0.3) is 0 Å². The Morgan fingerprint density at radius 2 is 2.19 bits per heavy atom. The SMILES string of the molecule is CNC(=O)NC(=O)[C@H](C)N[C@@H]1CCSc2ccc(Cl)cc21. The molecule has 0 saturated carbocycles. The fourth-order valence-corrected chi connectivity index (χ4v) is 3.48. The van der Waals surface area contributed by atoms with Crippen molar-refractivity contribution in [1.29, 1.82) is 0 Å². The van der Waals surface area contributed by atoms with E-state index in [2.05, 4.69) is 16.0 Å². The number of fused-ring (bicyclic) bond motifs is 1. The van der Waals surface area contributed by atoms with Crippen molar-refractivity contribution >= 4 is 35.3 Å². The van der Waals surface area contributed by atoms with Gasteiger partial charge in [-0.25, -0.2) is 4.79 Å². The fourth-order valence-electron chi connectivity index (χ4n) is 2.20. The first-order valence-corrected chi connectivity index (χ1v) is 8.08. The van der Waals surface area contributed by atoms with E-state index in [9.17, 15) is 9.59 Å². The second-order valence-corrected chi connectivity index (χ2v) is 6.40. The minimum atomic E-state index is -0.503. The predicted molar refractivity (Wildman–Crippen MR) is 84.7 cm³/mol. The summed E-state index contributed by atoms with van der Waals surface area (Å²) < 4.78 is 0. The number of benzene rings is 1. The number of nitrogens with one attached hydrogen (secondary N) is 3. The molecule has 1 aromatic rings. The molecule has 0 aliphatic carbocycles. The number of hydrogen-bond acceptors (Lipinski definition) is 4. The summed E-state index contributed by atoms with van der Waals surface area (Å²) in [5.74, 6) is 0.631. The summed E-state index contributed by atoms with van der Waals surface area (Å²) in [6.45, 7) is 1.74. The van der Waals surface area contributed by atoms with Crippen LogP contribution in [0.2, 0.25) is 5.02 Å². The molecule has 7 heteroatoms. The molecule has 0 radical (unpaired) electrons. The monoisotopic (exact) mass is 327 g/mol. The van der Waals surface area contributed by atoms with Gasteiger partial charge in [0.2, 0.25) is 5.91 Å². The Kier molecular flexibility index (Phi) is 5.50. The van der Waals surface area contributed by atoms with Crippen LogP contribution in [0.15, 0.2) is 23.1 Å². The normalized spacial score (nSPS) is 18.5. The summed E-state index contributed by atoms with van der Waals surface area (Å²) in [7, 11) is 1.47. The van der Waals surface area contributed by atoms with Crippen LogP contribution in [0, 0.1) is 0 Å². The van der Waals surface area contributed by atoms with Gasteiger partial charge in [-0.2, -0.15) is 0 Å². The van der Waals surface area contributed by atoms with Gasteiger partial charge >= 0.3 is 6.03 Å². The highest BCUT2D eigenvalue weighted by Crippen LogP contribution is 2.37. The second-order valence-electron chi connectivity index (χ2n) is 4.83.